The third-order valence-corrected chi connectivity index (χ3v) is 5.03. The van der Waals surface area contributed by atoms with Crippen LogP contribution in [0, 0.1) is 0 Å². The summed E-state index contributed by atoms with van der Waals surface area (Å²) in [6, 6.07) is 25.6. The highest BCUT2D eigenvalue weighted by Gasteiger charge is 2.31. The molecule has 1 atom stereocenters. The summed E-state index contributed by atoms with van der Waals surface area (Å²) in [4.78, 5) is 14.9. The van der Waals surface area contributed by atoms with E-state index in [9.17, 15) is 4.79 Å². The van der Waals surface area contributed by atoms with Crippen molar-refractivity contribution in [2.75, 3.05) is 13.7 Å². The van der Waals surface area contributed by atoms with E-state index in [2.05, 4.69) is 0 Å². The smallest absolute Gasteiger partial charge is 0.256 e. The Kier molecular flexibility index (Phi) is 5.40. The minimum atomic E-state index is -0.379. The van der Waals surface area contributed by atoms with Gasteiger partial charge in [0.2, 0.25) is 0 Å². The van der Waals surface area contributed by atoms with Crippen LogP contribution in [0.15, 0.2) is 78.9 Å². The van der Waals surface area contributed by atoms with E-state index < -0.39 is 0 Å². The van der Waals surface area contributed by atoms with Gasteiger partial charge in [0, 0.05) is 24.8 Å². The Balaban J connectivity index is 1.51. The summed E-state index contributed by atoms with van der Waals surface area (Å²) in [5, 5.41) is 0. The minimum Gasteiger partial charge on any atom is -0.489 e. The van der Waals surface area contributed by atoms with Crippen LogP contribution in [0.4, 0.5) is 0 Å². The fraction of sp³-hybridized carbons (Fsp3) is 0.208. The van der Waals surface area contributed by atoms with Gasteiger partial charge in [0.15, 0.2) is 6.23 Å². The summed E-state index contributed by atoms with van der Waals surface area (Å²) in [5.41, 5.74) is 3.84. The van der Waals surface area contributed by atoms with Gasteiger partial charge in [0.05, 0.1) is 0 Å². The molecule has 142 valence electrons. The van der Waals surface area contributed by atoms with Crippen LogP contribution in [0.25, 0.3) is 0 Å². The van der Waals surface area contributed by atoms with Crippen molar-refractivity contribution in [3.05, 3.63) is 101 Å². The molecule has 1 amide bonds. The third-order valence-electron chi connectivity index (χ3n) is 5.03. The first-order chi connectivity index (χ1) is 13.8. The molecule has 1 unspecified atom stereocenters. The maximum Gasteiger partial charge on any atom is 0.256 e. The van der Waals surface area contributed by atoms with Crippen molar-refractivity contribution in [1.82, 2.24) is 4.90 Å². The molecule has 0 saturated heterocycles. The molecule has 0 bridgehead atoms. The summed E-state index contributed by atoms with van der Waals surface area (Å²) in [5.74, 6) is 0.779. The molecule has 28 heavy (non-hydrogen) atoms. The largest absolute Gasteiger partial charge is 0.489 e. The van der Waals surface area contributed by atoms with Crippen molar-refractivity contribution >= 4 is 5.91 Å². The van der Waals surface area contributed by atoms with Gasteiger partial charge in [-0.15, -0.1) is 0 Å². The van der Waals surface area contributed by atoms with E-state index in [-0.39, 0.29) is 12.1 Å². The quantitative estimate of drug-likeness (QED) is 0.633. The number of ether oxygens (including phenoxy) is 2. The first kappa shape index (κ1) is 18.3. The average molecular weight is 373 g/mol. The molecule has 0 radical (unpaired) electrons. The highest BCUT2D eigenvalue weighted by Crippen LogP contribution is 2.30. The molecule has 1 heterocycles. The van der Waals surface area contributed by atoms with E-state index >= 15 is 0 Å². The summed E-state index contributed by atoms with van der Waals surface area (Å²) in [6.07, 6.45) is 0.395. The van der Waals surface area contributed by atoms with Crippen molar-refractivity contribution in [2.24, 2.45) is 0 Å². The van der Waals surface area contributed by atoms with Crippen LogP contribution < -0.4 is 4.74 Å². The number of carbonyl (C=O) groups is 1. The standard InChI is InChI=1S/C24H23NO3/c1-27-24(19-10-6-3-7-11-19)25-15-14-20-16-21(12-13-22(20)23(25)26)28-17-18-8-4-2-5-9-18/h2-13,16,24H,14-15,17H2,1H3. The Hall–Kier alpha value is -3.11. The first-order valence-electron chi connectivity index (χ1n) is 9.44. The van der Waals surface area contributed by atoms with Gasteiger partial charge >= 0.3 is 0 Å². The number of methoxy groups -OCH3 is 1. The van der Waals surface area contributed by atoms with E-state index in [1.54, 1.807) is 12.0 Å². The van der Waals surface area contributed by atoms with Gasteiger partial charge in [0.25, 0.3) is 5.91 Å². The number of hydrogen-bond acceptors (Lipinski definition) is 3. The molecule has 4 heteroatoms. The molecule has 1 aliphatic heterocycles. The fourth-order valence-corrected chi connectivity index (χ4v) is 3.60. The first-order valence-corrected chi connectivity index (χ1v) is 9.44. The number of rotatable bonds is 6. The average Bonchev–Trinajstić information content (AvgIpc) is 2.76. The van der Waals surface area contributed by atoms with Crippen LogP contribution in [0.1, 0.15) is 33.3 Å². The Bertz CT molecular complexity index is 941. The van der Waals surface area contributed by atoms with E-state index in [1.165, 1.54) is 0 Å². The van der Waals surface area contributed by atoms with Gasteiger partial charge in [-0.1, -0.05) is 60.7 Å². The predicted octanol–water partition coefficient (Wildman–Crippen LogP) is 4.61. The summed E-state index contributed by atoms with van der Waals surface area (Å²) >= 11 is 0. The monoisotopic (exact) mass is 373 g/mol. The topological polar surface area (TPSA) is 38.8 Å². The lowest BCUT2D eigenvalue weighted by Gasteiger charge is -2.34. The van der Waals surface area contributed by atoms with Crippen molar-refractivity contribution < 1.29 is 14.3 Å². The molecule has 0 N–H and O–H groups in total. The highest BCUT2D eigenvalue weighted by molar-refractivity contribution is 5.97. The minimum absolute atomic E-state index is 0.00781. The fourth-order valence-electron chi connectivity index (χ4n) is 3.60. The van der Waals surface area contributed by atoms with Gasteiger partial charge in [-0.05, 0) is 35.7 Å². The van der Waals surface area contributed by atoms with Gasteiger partial charge in [-0.2, -0.15) is 0 Å². The summed E-state index contributed by atoms with van der Waals surface area (Å²) < 4.78 is 11.6. The Morgan fingerprint density at radius 3 is 2.39 bits per heavy atom. The lowest BCUT2D eigenvalue weighted by atomic mass is 9.97. The van der Waals surface area contributed by atoms with Gasteiger partial charge in [-0.3, -0.25) is 4.79 Å². The zero-order chi connectivity index (χ0) is 19.3. The Morgan fingerprint density at radius 2 is 1.68 bits per heavy atom. The molecular weight excluding hydrogens is 350 g/mol. The zero-order valence-corrected chi connectivity index (χ0v) is 15.9. The zero-order valence-electron chi connectivity index (χ0n) is 15.9. The van der Waals surface area contributed by atoms with E-state index in [1.807, 2.05) is 78.9 Å². The van der Waals surface area contributed by atoms with Crippen molar-refractivity contribution in [3.63, 3.8) is 0 Å². The molecular formula is C24H23NO3. The maximum absolute atomic E-state index is 13.1. The summed E-state index contributed by atoms with van der Waals surface area (Å²) in [7, 11) is 1.64. The second kappa shape index (κ2) is 8.28. The Morgan fingerprint density at radius 1 is 0.964 bits per heavy atom. The molecule has 0 fully saturated rings. The van der Waals surface area contributed by atoms with Crippen LogP contribution in [-0.2, 0) is 17.8 Å². The maximum atomic E-state index is 13.1. The molecule has 4 nitrogen and oxygen atoms in total. The predicted molar refractivity (Wildman–Crippen MR) is 108 cm³/mol. The molecule has 1 aliphatic rings. The normalized spacial score (nSPS) is 14.5. The van der Waals surface area contributed by atoms with Crippen molar-refractivity contribution in [3.8, 4) is 5.75 Å². The van der Waals surface area contributed by atoms with Crippen molar-refractivity contribution in [1.29, 1.82) is 0 Å². The number of nitrogens with zero attached hydrogens (tertiary/aromatic N) is 1. The molecule has 3 aromatic rings. The van der Waals surface area contributed by atoms with E-state index in [4.69, 9.17) is 9.47 Å². The van der Waals surface area contributed by atoms with E-state index in [0.29, 0.717) is 13.2 Å². The van der Waals surface area contributed by atoms with Crippen LogP contribution in [0.2, 0.25) is 0 Å². The molecule has 0 aliphatic carbocycles. The Labute approximate surface area is 165 Å². The molecule has 0 spiro atoms. The lowest BCUT2D eigenvalue weighted by Crippen LogP contribution is -2.41. The van der Waals surface area contributed by atoms with E-state index in [0.717, 1.165) is 34.4 Å². The molecule has 3 aromatic carbocycles. The number of fused-ring (bicyclic) bond motifs is 1. The molecule has 0 aromatic heterocycles. The molecule has 0 saturated carbocycles. The van der Waals surface area contributed by atoms with Crippen molar-refractivity contribution in [2.45, 2.75) is 19.3 Å². The van der Waals surface area contributed by atoms with Gasteiger partial charge < -0.3 is 14.4 Å². The number of benzene rings is 3. The van der Waals surface area contributed by atoms with Gasteiger partial charge in [-0.25, -0.2) is 0 Å². The second-order valence-corrected chi connectivity index (χ2v) is 6.84. The van der Waals surface area contributed by atoms with Crippen LogP contribution in [-0.4, -0.2) is 24.5 Å². The number of amides is 1. The van der Waals surface area contributed by atoms with Crippen LogP contribution in [0.3, 0.4) is 0 Å². The highest BCUT2D eigenvalue weighted by atomic mass is 16.5. The summed E-state index contributed by atoms with van der Waals surface area (Å²) in [6.45, 7) is 1.13. The molecule has 4 rings (SSSR count). The lowest BCUT2D eigenvalue weighted by molar-refractivity contribution is -0.0242. The van der Waals surface area contributed by atoms with Gasteiger partial charge in [0.1, 0.15) is 12.4 Å². The number of hydrogen-bond donors (Lipinski definition) is 0. The second-order valence-electron chi connectivity index (χ2n) is 6.84. The SMILES string of the molecule is COC(c1ccccc1)N1CCc2cc(OCc3ccccc3)ccc2C1=O. The number of carbonyl (C=O) groups excluding carboxylic acids is 1. The van der Waals surface area contributed by atoms with Crippen LogP contribution >= 0.6 is 0 Å². The van der Waals surface area contributed by atoms with Crippen LogP contribution in [0.5, 0.6) is 5.75 Å². The third kappa shape index (κ3) is 3.78.